The lowest BCUT2D eigenvalue weighted by atomic mass is 9.91. The minimum Gasteiger partial charge on any atom is -0.489 e. The minimum absolute atomic E-state index is 0.0642. The van der Waals surface area contributed by atoms with Crippen molar-refractivity contribution < 1.29 is 18.7 Å². The lowest BCUT2D eigenvalue weighted by Crippen LogP contribution is -2.46. The Bertz CT molecular complexity index is 1340. The summed E-state index contributed by atoms with van der Waals surface area (Å²) >= 11 is 0. The van der Waals surface area contributed by atoms with Gasteiger partial charge in [0.1, 0.15) is 17.7 Å². The average Bonchev–Trinajstić information content (AvgIpc) is 3.47. The first-order chi connectivity index (χ1) is 17.6. The Morgan fingerprint density at radius 3 is 2.44 bits per heavy atom. The van der Waals surface area contributed by atoms with Crippen LogP contribution in [0, 0.1) is 11.7 Å². The number of fused-ring (bicyclic) bond motifs is 3. The molecule has 36 heavy (non-hydrogen) atoms. The van der Waals surface area contributed by atoms with Gasteiger partial charge in [0.25, 0.3) is 5.89 Å². The molecule has 2 aliphatic rings. The number of piperidine rings is 1. The molecule has 4 aromatic rings. The maximum absolute atomic E-state index is 13.7. The van der Waals surface area contributed by atoms with Crippen molar-refractivity contribution in [2.45, 2.75) is 38.0 Å². The van der Waals surface area contributed by atoms with Gasteiger partial charge in [0.05, 0.1) is 6.54 Å². The molecule has 6 nitrogen and oxygen atoms in total. The molecule has 2 heterocycles. The quantitative estimate of drug-likeness (QED) is 0.407. The summed E-state index contributed by atoms with van der Waals surface area (Å²) in [6, 6.07) is 21.8. The van der Waals surface area contributed by atoms with E-state index in [-0.39, 0.29) is 17.8 Å². The van der Waals surface area contributed by atoms with E-state index < -0.39 is 5.60 Å². The zero-order valence-electron chi connectivity index (χ0n) is 20.1. The van der Waals surface area contributed by atoms with Crippen LogP contribution in [-0.2, 0) is 12.1 Å². The SMILES string of the molecule is CCC1CCN(Cc2nnc(C3(O)c4ccccc4-c4ccccc43)o2)CC1Oc1cccc(F)c1. The van der Waals surface area contributed by atoms with Crippen LogP contribution >= 0.6 is 0 Å². The third kappa shape index (κ3) is 3.88. The molecule has 0 spiro atoms. The van der Waals surface area contributed by atoms with E-state index in [1.54, 1.807) is 12.1 Å². The van der Waals surface area contributed by atoms with E-state index in [1.807, 2.05) is 48.5 Å². The van der Waals surface area contributed by atoms with Crippen molar-refractivity contribution in [1.29, 1.82) is 0 Å². The van der Waals surface area contributed by atoms with Crippen molar-refractivity contribution in [2.75, 3.05) is 13.1 Å². The van der Waals surface area contributed by atoms with Crippen LogP contribution in [0.25, 0.3) is 11.1 Å². The molecular weight excluding hydrogens is 457 g/mol. The summed E-state index contributed by atoms with van der Waals surface area (Å²) in [6.07, 6.45) is 1.89. The topological polar surface area (TPSA) is 71.6 Å². The third-order valence-electron chi connectivity index (χ3n) is 7.45. The van der Waals surface area contributed by atoms with Gasteiger partial charge in [-0.25, -0.2) is 4.39 Å². The standard InChI is InChI=1S/C29H28FN3O3/c1-2-19-14-15-33(17-26(19)35-21-9-7-8-20(30)16-21)18-27-31-32-28(36-27)29(34)24-12-5-3-10-22(24)23-11-4-6-13-25(23)29/h3-13,16,19,26,34H,2,14-15,17-18H2,1H3. The Morgan fingerprint density at radius 2 is 1.75 bits per heavy atom. The summed E-state index contributed by atoms with van der Waals surface area (Å²) in [7, 11) is 0. The lowest BCUT2D eigenvalue weighted by molar-refractivity contribution is 0.0294. The number of hydrogen-bond acceptors (Lipinski definition) is 6. The first-order valence-electron chi connectivity index (χ1n) is 12.5. The predicted molar refractivity (Wildman–Crippen MR) is 133 cm³/mol. The van der Waals surface area contributed by atoms with E-state index in [4.69, 9.17) is 9.15 Å². The van der Waals surface area contributed by atoms with Crippen molar-refractivity contribution in [3.8, 4) is 16.9 Å². The number of aliphatic hydroxyl groups is 1. The molecule has 3 aromatic carbocycles. The van der Waals surface area contributed by atoms with Crippen molar-refractivity contribution in [3.05, 3.63) is 102 Å². The Morgan fingerprint density at radius 1 is 1.03 bits per heavy atom. The first-order valence-corrected chi connectivity index (χ1v) is 12.5. The molecule has 1 N–H and O–H groups in total. The lowest BCUT2D eigenvalue weighted by Gasteiger charge is -2.37. The van der Waals surface area contributed by atoms with Crippen LogP contribution in [0.2, 0.25) is 0 Å². The van der Waals surface area contributed by atoms with Crippen molar-refractivity contribution in [2.24, 2.45) is 5.92 Å². The first kappa shape index (κ1) is 22.9. The van der Waals surface area contributed by atoms with Gasteiger partial charge >= 0.3 is 0 Å². The maximum atomic E-state index is 13.7. The van der Waals surface area contributed by atoms with Crippen LogP contribution in [0.3, 0.4) is 0 Å². The van der Waals surface area contributed by atoms with Gasteiger partial charge in [-0.05, 0) is 48.6 Å². The Balaban J connectivity index is 1.23. The monoisotopic (exact) mass is 485 g/mol. The largest absolute Gasteiger partial charge is 0.489 e. The van der Waals surface area contributed by atoms with Crippen molar-refractivity contribution >= 4 is 0 Å². The molecular formula is C29H28FN3O3. The molecule has 2 atom stereocenters. The van der Waals surface area contributed by atoms with Gasteiger partial charge in [0.15, 0.2) is 5.60 Å². The molecule has 1 saturated heterocycles. The molecule has 2 unspecified atom stereocenters. The fraction of sp³-hybridized carbons (Fsp3) is 0.310. The number of rotatable bonds is 6. The van der Waals surface area contributed by atoms with Crippen molar-refractivity contribution in [1.82, 2.24) is 15.1 Å². The number of ether oxygens (including phenoxy) is 1. The predicted octanol–water partition coefficient (Wildman–Crippen LogP) is 5.15. The van der Waals surface area contributed by atoms with Gasteiger partial charge in [0, 0.05) is 23.7 Å². The third-order valence-corrected chi connectivity index (χ3v) is 7.45. The molecule has 1 aromatic heterocycles. The highest BCUT2D eigenvalue weighted by Gasteiger charge is 2.47. The van der Waals surface area contributed by atoms with Crippen LogP contribution in [0.15, 0.2) is 77.2 Å². The Labute approximate surface area is 209 Å². The molecule has 0 bridgehead atoms. The highest BCUT2D eigenvalue weighted by Crippen LogP contribution is 2.50. The normalized spacial score (nSPS) is 20.6. The molecule has 6 rings (SSSR count). The van der Waals surface area contributed by atoms with Gasteiger partial charge in [-0.1, -0.05) is 61.5 Å². The summed E-state index contributed by atoms with van der Waals surface area (Å²) in [5.74, 6) is 1.24. The van der Waals surface area contributed by atoms with Crippen molar-refractivity contribution in [3.63, 3.8) is 0 Å². The van der Waals surface area contributed by atoms with Gasteiger partial charge in [-0.2, -0.15) is 0 Å². The van der Waals surface area contributed by atoms with E-state index in [1.165, 1.54) is 12.1 Å². The molecule has 1 aliphatic heterocycles. The van der Waals surface area contributed by atoms with E-state index >= 15 is 0 Å². The van der Waals surface area contributed by atoms with Crippen LogP contribution in [-0.4, -0.2) is 39.4 Å². The second-order valence-corrected chi connectivity index (χ2v) is 9.61. The highest BCUT2D eigenvalue weighted by molar-refractivity contribution is 5.81. The number of nitrogens with zero attached hydrogens (tertiary/aromatic N) is 3. The Kier molecular flexibility index (Phi) is 5.82. The van der Waals surface area contributed by atoms with Crippen LogP contribution < -0.4 is 4.74 Å². The van der Waals surface area contributed by atoms with Gasteiger partial charge in [-0.15, -0.1) is 10.2 Å². The zero-order valence-corrected chi connectivity index (χ0v) is 20.1. The van der Waals surface area contributed by atoms with Gasteiger partial charge in [0.2, 0.25) is 5.89 Å². The molecule has 1 fully saturated rings. The number of hydrogen-bond donors (Lipinski definition) is 1. The van der Waals surface area contributed by atoms with Gasteiger partial charge < -0.3 is 14.3 Å². The van der Waals surface area contributed by atoms with Gasteiger partial charge in [-0.3, -0.25) is 4.90 Å². The fourth-order valence-corrected chi connectivity index (χ4v) is 5.59. The molecule has 1 aliphatic carbocycles. The molecule has 7 heteroatoms. The second-order valence-electron chi connectivity index (χ2n) is 9.61. The highest BCUT2D eigenvalue weighted by atomic mass is 19.1. The Hall–Kier alpha value is -3.55. The summed E-state index contributed by atoms with van der Waals surface area (Å²) in [6.45, 7) is 4.15. The van der Waals surface area contributed by atoms with E-state index in [0.29, 0.717) is 30.6 Å². The minimum atomic E-state index is -1.49. The van der Waals surface area contributed by atoms with Crippen LogP contribution in [0.4, 0.5) is 4.39 Å². The molecule has 0 radical (unpaired) electrons. The molecule has 0 saturated carbocycles. The van der Waals surface area contributed by atoms with E-state index in [2.05, 4.69) is 22.0 Å². The summed E-state index contributed by atoms with van der Waals surface area (Å²) in [4.78, 5) is 2.22. The van der Waals surface area contributed by atoms with Crippen LogP contribution in [0.1, 0.15) is 42.7 Å². The van der Waals surface area contributed by atoms with E-state index in [9.17, 15) is 9.50 Å². The average molecular weight is 486 g/mol. The summed E-state index contributed by atoms with van der Waals surface area (Å²) < 4.78 is 26.0. The number of halogens is 1. The fourth-order valence-electron chi connectivity index (χ4n) is 5.59. The number of benzene rings is 3. The maximum Gasteiger partial charge on any atom is 0.257 e. The smallest absolute Gasteiger partial charge is 0.257 e. The summed E-state index contributed by atoms with van der Waals surface area (Å²) in [5, 5.41) is 20.5. The van der Waals surface area contributed by atoms with Crippen LogP contribution in [0.5, 0.6) is 5.75 Å². The summed E-state index contributed by atoms with van der Waals surface area (Å²) in [5.41, 5.74) is 1.93. The molecule has 184 valence electrons. The zero-order chi connectivity index (χ0) is 24.7. The second kappa shape index (κ2) is 9.15. The van der Waals surface area contributed by atoms with E-state index in [0.717, 1.165) is 41.6 Å². The molecule has 0 amide bonds. The number of likely N-dealkylation sites (tertiary alicyclic amines) is 1. The number of aromatic nitrogens is 2.